The fourth-order valence-electron chi connectivity index (χ4n) is 1.12. The molecular formula is C9H19N. The van der Waals surface area contributed by atoms with Crippen LogP contribution in [0.15, 0.2) is 11.3 Å². The van der Waals surface area contributed by atoms with Gasteiger partial charge < -0.3 is 5.73 Å². The Balaban J connectivity index is 3.86. The Kier molecular flexibility index (Phi) is 5.09. The van der Waals surface area contributed by atoms with Gasteiger partial charge in [-0.1, -0.05) is 32.3 Å². The van der Waals surface area contributed by atoms with Crippen LogP contribution in [0.3, 0.4) is 0 Å². The summed E-state index contributed by atoms with van der Waals surface area (Å²) < 4.78 is 0. The van der Waals surface area contributed by atoms with Gasteiger partial charge in [0, 0.05) is 5.70 Å². The summed E-state index contributed by atoms with van der Waals surface area (Å²) >= 11 is 0. The summed E-state index contributed by atoms with van der Waals surface area (Å²) in [6.45, 7) is 6.39. The molecule has 10 heavy (non-hydrogen) atoms. The summed E-state index contributed by atoms with van der Waals surface area (Å²) in [5.74, 6) is 0. The lowest BCUT2D eigenvalue weighted by molar-refractivity contribution is 0.786. The Morgan fingerprint density at radius 1 is 1.10 bits per heavy atom. The molecule has 0 atom stereocenters. The van der Waals surface area contributed by atoms with Crippen molar-refractivity contribution in [3.8, 4) is 0 Å². The van der Waals surface area contributed by atoms with E-state index in [-0.39, 0.29) is 0 Å². The van der Waals surface area contributed by atoms with Gasteiger partial charge in [-0.2, -0.15) is 0 Å². The molecule has 0 aromatic rings. The molecule has 1 nitrogen and oxygen atoms in total. The smallest absolute Gasteiger partial charge is 0.00407 e. The Bertz CT molecular complexity index is 102. The average molecular weight is 141 g/mol. The van der Waals surface area contributed by atoms with E-state index in [4.69, 9.17) is 5.73 Å². The molecular weight excluding hydrogens is 122 g/mol. The zero-order valence-corrected chi connectivity index (χ0v) is 7.41. The van der Waals surface area contributed by atoms with Gasteiger partial charge >= 0.3 is 0 Å². The quantitative estimate of drug-likeness (QED) is 0.640. The van der Waals surface area contributed by atoms with Crippen LogP contribution >= 0.6 is 0 Å². The standard InChI is InChI=1S/C9H19N/c1-4-6-9(7-5-2)8(3)10/h4-7,10H2,1-3H3. The highest BCUT2D eigenvalue weighted by atomic mass is 14.6. The molecule has 0 fully saturated rings. The zero-order chi connectivity index (χ0) is 7.98. The van der Waals surface area contributed by atoms with Crippen molar-refractivity contribution >= 4 is 0 Å². The molecule has 0 aliphatic heterocycles. The first-order valence-corrected chi connectivity index (χ1v) is 4.16. The maximum atomic E-state index is 5.69. The van der Waals surface area contributed by atoms with Crippen LogP contribution in [0.25, 0.3) is 0 Å². The second kappa shape index (κ2) is 5.33. The SMILES string of the molecule is CCCC(CCC)=C(C)N. The molecule has 0 bridgehead atoms. The number of hydrogen-bond donors (Lipinski definition) is 1. The lowest BCUT2D eigenvalue weighted by atomic mass is 10.0. The molecule has 0 spiro atoms. The molecule has 2 N–H and O–H groups in total. The summed E-state index contributed by atoms with van der Waals surface area (Å²) in [7, 11) is 0. The largest absolute Gasteiger partial charge is 0.402 e. The van der Waals surface area contributed by atoms with Gasteiger partial charge in [0.05, 0.1) is 0 Å². The molecule has 0 aromatic heterocycles. The molecule has 0 aliphatic carbocycles. The summed E-state index contributed by atoms with van der Waals surface area (Å²) in [6, 6.07) is 0. The van der Waals surface area contributed by atoms with Crippen LogP contribution in [0.2, 0.25) is 0 Å². The molecule has 1 heteroatoms. The maximum Gasteiger partial charge on any atom is 0.00407 e. The van der Waals surface area contributed by atoms with Gasteiger partial charge in [0.15, 0.2) is 0 Å². The number of hydrogen-bond acceptors (Lipinski definition) is 1. The van der Waals surface area contributed by atoms with Crippen LogP contribution < -0.4 is 5.73 Å². The minimum Gasteiger partial charge on any atom is -0.402 e. The molecule has 0 rings (SSSR count). The fraction of sp³-hybridized carbons (Fsp3) is 0.778. The summed E-state index contributed by atoms with van der Waals surface area (Å²) in [4.78, 5) is 0. The first kappa shape index (κ1) is 9.54. The molecule has 0 saturated carbocycles. The number of allylic oxidation sites excluding steroid dienone is 2. The molecule has 0 amide bonds. The number of rotatable bonds is 4. The van der Waals surface area contributed by atoms with Crippen LogP contribution in [0, 0.1) is 0 Å². The second-order valence-corrected chi connectivity index (χ2v) is 2.79. The van der Waals surface area contributed by atoms with Crippen molar-refractivity contribution in [3.05, 3.63) is 11.3 Å². The van der Waals surface area contributed by atoms with Gasteiger partial charge in [-0.05, 0) is 19.8 Å². The topological polar surface area (TPSA) is 26.0 Å². The third-order valence-corrected chi connectivity index (χ3v) is 1.66. The van der Waals surface area contributed by atoms with E-state index in [1.807, 2.05) is 6.92 Å². The monoisotopic (exact) mass is 141 g/mol. The highest BCUT2D eigenvalue weighted by Gasteiger charge is 1.96. The zero-order valence-electron chi connectivity index (χ0n) is 7.41. The van der Waals surface area contributed by atoms with Gasteiger partial charge in [0.25, 0.3) is 0 Å². The summed E-state index contributed by atoms with van der Waals surface area (Å²) in [5.41, 5.74) is 8.17. The molecule has 0 unspecified atom stereocenters. The van der Waals surface area contributed by atoms with E-state index in [1.165, 1.54) is 31.3 Å². The number of nitrogens with two attached hydrogens (primary N) is 1. The van der Waals surface area contributed by atoms with Crippen molar-refractivity contribution < 1.29 is 0 Å². The summed E-state index contributed by atoms with van der Waals surface area (Å²) in [5, 5.41) is 0. The van der Waals surface area contributed by atoms with E-state index in [9.17, 15) is 0 Å². The minimum atomic E-state index is 1.03. The lowest BCUT2D eigenvalue weighted by Crippen LogP contribution is -1.98. The van der Waals surface area contributed by atoms with E-state index in [1.54, 1.807) is 0 Å². The fourth-order valence-corrected chi connectivity index (χ4v) is 1.12. The van der Waals surface area contributed by atoms with Crippen LogP contribution in [-0.4, -0.2) is 0 Å². The van der Waals surface area contributed by atoms with Crippen LogP contribution in [0.5, 0.6) is 0 Å². The second-order valence-electron chi connectivity index (χ2n) is 2.79. The minimum absolute atomic E-state index is 1.03. The highest BCUT2D eigenvalue weighted by molar-refractivity contribution is 5.08. The van der Waals surface area contributed by atoms with Crippen molar-refractivity contribution in [2.24, 2.45) is 5.73 Å². The predicted molar refractivity (Wildman–Crippen MR) is 46.7 cm³/mol. The first-order valence-electron chi connectivity index (χ1n) is 4.16. The maximum absolute atomic E-state index is 5.69. The Morgan fingerprint density at radius 3 is 1.70 bits per heavy atom. The summed E-state index contributed by atoms with van der Waals surface area (Å²) in [6.07, 6.45) is 4.78. The van der Waals surface area contributed by atoms with Crippen LogP contribution in [-0.2, 0) is 0 Å². The molecule has 0 aromatic carbocycles. The van der Waals surface area contributed by atoms with Crippen LogP contribution in [0.4, 0.5) is 0 Å². The molecule has 0 radical (unpaired) electrons. The molecule has 0 aliphatic rings. The van der Waals surface area contributed by atoms with Crippen molar-refractivity contribution in [2.75, 3.05) is 0 Å². The van der Waals surface area contributed by atoms with E-state index >= 15 is 0 Å². The lowest BCUT2D eigenvalue weighted by Gasteiger charge is -2.05. The van der Waals surface area contributed by atoms with Crippen molar-refractivity contribution in [2.45, 2.75) is 46.5 Å². The van der Waals surface area contributed by atoms with Crippen LogP contribution in [0.1, 0.15) is 46.5 Å². The Hall–Kier alpha value is -0.460. The van der Waals surface area contributed by atoms with Crippen molar-refractivity contribution in [1.29, 1.82) is 0 Å². The van der Waals surface area contributed by atoms with E-state index in [0.717, 1.165) is 5.70 Å². The van der Waals surface area contributed by atoms with E-state index < -0.39 is 0 Å². The third-order valence-electron chi connectivity index (χ3n) is 1.66. The third kappa shape index (κ3) is 3.54. The van der Waals surface area contributed by atoms with E-state index in [0.29, 0.717) is 0 Å². The average Bonchev–Trinajstić information content (AvgIpc) is 1.87. The Morgan fingerprint density at radius 2 is 1.50 bits per heavy atom. The molecule has 0 heterocycles. The van der Waals surface area contributed by atoms with E-state index in [2.05, 4.69) is 13.8 Å². The van der Waals surface area contributed by atoms with Crippen molar-refractivity contribution in [3.63, 3.8) is 0 Å². The highest BCUT2D eigenvalue weighted by Crippen LogP contribution is 2.13. The van der Waals surface area contributed by atoms with Gasteiger partial charge in [-0.25, -0.2) is 0 Å². The van der Waals surface area contributed by atoms with Gasteiger partial charge in [0.2, 0.25) is 0 Å². The van der Waals surface area contributed by atoms with Gasteiger partial charge in [0.1, 0.15) is 0 Å². The molecule has 0 saturated heterocycles. The van der Waals surface area contributed by atoms with Crippen molar-refractivity contribution in [1.82, 2.24) is 0 Å². The predicted octanol–water partition coefficient (Wildman–Crippen LogP) is 2.82. The normalized spacial score (nSPS) is 9.50. The van der Waals surface area contributed by atoms with Gasteiger partial charge in [-0.15, -0.1) is 0 Å². The first-order chi connectivity index (χ1) is 4.72. The Labute approximate surface area is 64.3 Å². The molecule has 60 valence electrons. The van der Waals surface area contributed by atoms with Gasteiger partial charge in [-0.3, -0.25) is 0 Å².